The third-order valence-corrected chi connectivity index (χ3v) is 6.08. The Morgan fingerprint density at radius 1 is 1.43 bits per heavy atom. The van der Waals surface area contributed by atoms with E-state index in [2.05, 4.69) is 33.2 Å². The molecule has 0 amide bonds. The zero-order chi connectivity index (χ0) is 15.2. The quantitative estimate of drug-likeness (QED) is 0.850. The van der Waals surface area contributed by atoms with Gasteiger partial charge in [0.05, 0.1) is 5.02 Å². The van der Waals surface area contributed by atoms with E-state index in [1.165, 1.54) is 0 Å². The lowest BCUT2D eigenvalue weighted by Gasteiger charge is -2.43. The van der Waals surface area contributed by atoms with Gasteiger partial charge in [-0.1, -0.05) is 11.6 Å². The van der Waals surface area contributed by atoms with Gasteiger partial charge in [-0.05, 0) is 66.9 Å². The number of carbonyl (C=O) groups is 1. The number of nitrogens with one attached hydrogen (secondary N) is 1. The van der Waals surface area contributed by atoms with Gasteiger partial charge in [-0.25, -0.2) is 4.79 Å². The summed E-state index contributed by atoms with van der Waals surface area (Å²) >= 11 is 9.38. The number of halogens is 2. The van der Waals surface area contributed by atoms with Crippen molar-refractivity contribution in [1.29, 1.82) is 0 Å². The standard InChI is InChI=1S/C15H18BrClN2O2/c1-19-10-3-4-11(19)8-15(7-10,14(20)21)18-9-2-5-13(17)12(16)6-9/h2,5-6,10-11,18H,3-4,7-8H2,1H3,(H,20,21). The third-order valence-electron chi connectivity index (χ3n) is 4.87. The van der Waals surface area contributed by atoms with Gasteiger partial charge in [0.15, 0.2) is 0 Å². The van der Waals surface area contributed by atoms with Crippen LogP contribution in [0.5, 0.6) is 0 Å². The number of nitrogens with zero attached hydrogens (tertiary/aromatic N) is 1. The molecule has 0 aromatic heterocycles. The predicted octanol–water partition coefficient (Wildman–Crippen LogP) is 3.59. The van der Waals surface area contributed by atoms with E-state index in [-0.39, 0.29) is 0 Å². The van der Waals surface area contributed by atoms with E-state index in [1.807, 2.05) is 12.1 Å². The lowest BCUT2D eigenvalue weighted by Crippen LogP contribution is -2.57. The van der Waals surface area contributed by atoms with Gasteiger partial charge in [0.2, 0.25) is 0 Å². The Balaban J connectivity index is 1.88. The summed E-state index contributed by atoms with van der Waals surface area (Å²) in [6.07, 6.45) is 3.44. The topological polar surface area (TPSA) is 52.6 Å². The first kappa shape index (κ1) is 15.1. The highest BCUT2D eigenvalue weighted by Crippen LogP contribution is 2.42. The Labute approximate surface area is 137 Å². The van der Waals surface area contributed by atoms with Crippen LogP contribution in [0.15, 0.2) is 22.7 Å². The first-order valence-corrected chi connectivity index (χ1v) is 8.27. The molecule has 4 nitrogen and oxygen atoms in total. The molecule has 1 aromatic carbocycles. The zero-order valence-corrected chi connectivity index (χ0v) is 14.1. The summed E-state index contributed by atoms with van der Waals surface area (Å²) in [5, 5.41) is 13.7. The van der Waals surface area contributed by atoms with Gasteiger partial charge in [-0.15, -0.1) is 0 Å². The van der Waals surface area contributed by atoms with E-state index < -0.39 is 11.5 Å². The molecule has 2 saturated heterocycles. The Hall–Kier alpha value is -0.780. The number of hydrogen-bond acceptors (Lipinski definition) is 3. The minimum absolute atomic E-state index is 0.350. The molecule has 2 bridgehead atoms. The summed E-state index contributed by atoms with van der Waals surface area (Å²) < 4.78 is 0.769. The first-order valence-electron chi connectivity index (χ1n) is 7.10. The van der Waals surface area contributed by atoms with Crippen molar-refractivity contribution in [2.24, 2.45) is 0 Å². The molecule has 2 aliphatic rings. The van der Waals surface area contributed by atoms with E-state index in [9.17, 15) is 9.90 Å². The maximum atomic E-state index is 11.9. The molecule has 2 heterocycles. The van der Waals surface area contributed by atoms with Crippen LogP contribution in [0, 0.1) is 0 Å². The van der Waals surface area contributed by atoms with Crippen LogP contribution in [-0.4, -0.2) is 40.6 Å². The molecule has 0 saturated carbocycles. The fourth-order valence-electron chi connectivity index (χ4n) is 3.65. The summed E-state index contributed by atoms with van der Waals surface area (Å²) in [4.78, 5) is 14.3. The second-order valence-corrected chi connectivity index (χ2v) is 7.36. The van der Waals surface area contributed by atoms with Gasteiger partial charge in [0, 0.05) is 22.2 Å². The summed E-state index contributed by atoms with van der Waals surface area (Å²) in [6, 6.07) is 6.14. The van der Waals surface area contributed by atoms with E-state index in [0.29, 0.717) is 29.9 Å². The number of carboxylic acids is 1. The molecule has 2 atom stereocenters. The molecule has 21 heavy (non-hydrogen) atoms. The summed E-state index contributed by atoms with van der Waals surface area (Å²) in [5.41, 5.74) is -0.0939. The van der Waals surface area contributed by atoms with Gasteiger partial charge in [-0.2, -0.15) is 0 Å². The Bertz CT molecular complexity index is 567. The fourth-order valence-corrected chi connectivity index (χ4v) is 4.15. The third kappa shape index (κ3) is 2.67. The van der Waals surface area contributed by atoms with E-state index in [1.54, 1.807) is 6.07 Å². The number of anilines is 1. The molecule has 2 fully saturated rings. The SMILES string of the molecule is CN1C2CCC1CC(Nc1ccc(Cl)c(Br)c1)(C(=O)O)C2. The minimum Gasteiger partial charge on any atom is -0.480 e. The molecule has 0 aliphatic carbocycles. The fraction of sp³-hybridized carbons (Fsp3) is 0.533. The molecule has 2 unspecified atom stereocenters. The van der Waals surface area contributed by atoms with Crippen molar-refractivity contribution in [3.63, 3.8) is 0 Å². The molecule has 2 aliphatic heterocycles. The second kappa shape index (κ2) is 5.45. The van der Waals surface area contributed by atoms with Crippen molar-refractivity contribution >= 4 is 39.2 Å². The minimum atomic E-state index is -0.883. The maximum absolute atomic E-state index is 11.9. The monoisotopic (exact) mass is 372 g/mol. The molecule has 6 heteroatoms. The highest BCUT2D eigenvalue weighted by Gasteiger charge is 2.51. The van der Waals surface area contributed by atoms with Crippen molar-refractivity contribution in [2.45, 2.75) is 43.3 Å². The van der Waals surface area contributed by atoms with Crippen molar-refractivity contribution < 1.29 is 9.90 Å². The van der Waals surface area contributed by atoms with E-state index in [4.69, 9.17) is 11.6 Å². The van der Waals surface area contributed by atoms with Crippen molar-refractivity contribution in [1.82, 2.24) is 4.90 Å². The number of fused-ring (bicyclic) bond motifs is 2. The molecule has 3 rings (SSSR count). The van der Waals surface area contributed by atoms with Gasteiger partial charge in [-0.3, -0.25) is 0 Å². The molecule has 0 spiro atoms. The number of aliphatic carboxylic acids is 1. The first-order chi connectivity index (χ1) is 9.91. The van der Waals surface area contributed by atoms with Crippen LogP contribution in [0.25, 0.3) is 0 Å². The smallest absolute Gasteiger partial charge is 0.329 e. The highest BCUT2D eigenvalue weighted by atomic mass is 79.9. The van der Waals surface area contributed by atoms with Crippen LogP contribution in [-0.2, 0) is 4.79 Å². The van der Waals surface area contributed by atoms with Crippen LogP contribution in [0.4, 0.5) is 5.69 Å². The van der Waals surface area contributed by atoms with Crippen LogP contribution >= 0.6 is 27.5 Å². The normalized spacial score (nSPS) is 32.1. The van der Waals surface area contributed by atoms with Gasteiger partial charge < -0.3 is 15.3 Å². The Kier molecular flexibility index (Phi) is 3.93. The molecule has 114 valence electrons. The summed E-state index contributed by atoms with van der Waals surface area (Å²) in [5.74, 6) is -0.765. The van der Waals surface area contributed by atoms with Gasteiger partial charge in [0.25, 0.3) is 0 Å². The van der Waals surface area contributed by atoms with E-state index in [0.717, 1.165) is 23.0 Å². The summed E-state index contributed by atoms with van der Waals surface area (Å²) in [6.45, 7) is 0. The van der Waals surface area contributed by atoms with Crippen molar-refractivity contribution in [3.05, 3.63) is 27.7 Å². The zero-order valence-electron chi connectivity index (χ0n) is 11.8. The highest BCUT2D eigenvalue weighted by molar-refractivity contribution is 9.10. The molecule has 2 N–H and O–H groups in total. The maximum Gasteiger partial charge on any atom is 0.329 e. The lowest BCUT2D eigenvalue weighted by atomic mass is 9.82. The van der Waals surface area contributed by atoms with Crippen LogP contribution in [0.3, 0.4) is 0 Å². The Morgan fingerprint density at radius 3 is 2.57 bits per heavy atom. The predicted molar refractivity (Wildman–Crippen MR) is 86.9 cm³/mol. The summed E-state index contributed by atoms with van der Waals surface area (Å²) in [7, 11) is 2.10. The molecular weight excluding hydrogens is 356 g/mol. The largest absolute Gasteiger partial charge is 0.480 e. The average Bonchev–Trinajstić information content (AvgIpc) is 2.66. The van der Waals surface area contributed by atoms with E-state index >= 15 is 0 Å². The lowest BCUT2D eigenvalue weighted by molar-refractivity contribution is -0.145. The molecular formula is C15H18BrClN2O2. The number of benzene rings is 1. The average molecular weight is 374 g/mol. The van der Waals surface area contributed by atoms with Crippen LogP contribution < -0.4 is 5.32 Å². The van der Waals surface area contributed by atoms with Crippen molar-refractivity contribution in [2.75, 3.05) is 12.4 Å². The Morgan fingerprint density at radius 2 is 2.05 bits per heavy atom. The second-order valence-electron chi connectivity index (χ2n) is 6.10. The molecule has 1 aromatic rings. The van der Waals surface area contributed by atoms with Gasteiger partial charge in [0.1, 0.15) is 5.54 Å². The number of piperidine rings is 1. The number of carboxylic acid groups (broad SMARTS) is 1. The number of rotatable bonds is 3. The van der Waals surface area contributed by atoms with Crippen LogP contribution in [0.2, 0.25) is 5.02 Å². The van der Waals surface area contributed by atoms with Gasteiger partial charge >= 0.3 is 5.97 Å². The number of hydrogen-bond donors (Lipinski definition) is 2. The van der Waals surface area contributed by atoms with Crippen molar-refractivity contribution in [3.8, 4) is 0 Å². The van der Waals surface area contributed by atoms with Crippen LogP contribution in [0.1, 0.15) is 25.7 Å². The molecule has 0 radical (unpaired) electrons.